The van der Waals surface area contributed by atoms with Crippen LogP contribution >= 0.6 is 11.8 Å². The Morgan fingerprint density at radius 1 is 1.45 bits per heavy atom. The molecule has 6 nitrogen and oxygen atoms in total. The van der Waals surface area contributed by atoms with Crippen LogP contribution in [0.5, 0.6) is 0 Å². The van der Waals surface area contributed by atoms with E-state index in [0.29, 0.717) is 17.1 Å². The molecular formula is C13H22N4O2S. The summed E-state index contributed by atoms with van der Waals surface area (Å²) in [5.41, 5.74) is -1.39. The summed E-state index contributed by atoms with van der Waals surface area (Å²) in [6.45, 7) is 3.06. The fourth-order valence-corrected chi connectivity index (χ4v) is 3.84. The molecule has 0 aliphatic heterocycles. The third-order valence-corrected chi connectivity index (χ3v) is 4.92. The van der Waals surface area contributed by atoms with Gasteiger partial charge in [-0.15, -0.1) is 0 Å². The second-order valence-electron chi connectivity index (χ2n) is 5.22. The van der Waals surface area contributed by atoms with E-state index in [2.05, 4.69) is 22.3 Å². The van der Waals surface area contributed by atoms with Gasteiger partial charge in [-0.3, -0.25) is 19.4 Å². The van der Waals surface area contributed by atoms with Gasteiger partial charge in [0.15, 0.2) is 5.16 Å². The summed E-state index contributed by atoms with van der Waals surface area (Å²) in [7, 11) is 1.70. The van der Waals surface area contributed by atoms with E-state index >= 15 is 0 Å². The number of nitrogens with one attached hydrogen (secondary N) is 2. The molecule has 1 aromatic heterocycles. The molecule has 1 saturated carbocycles. The highest BCUT2D eigenvalue weighted by Gasteiger charge is 2.24. The maximum absolute atomic E-state index is 11.3. The van der Waals surface area contributed by atoms with Gasteiger partial charge in [0.2, 0.25) is 0 Å². The number of thioether (sulfide) groups is 1. The van der Waals surface area contributed by atoms with Gasteiger partial charge < -0.3 is 5.32 Å². The lowest BCUT2D eigenvalue weighted by Crippen LogP contribution is -2.38. The van der Waals surface area contributed by atoms with E-state index in [-0.39, 0.29) is 0 Å². The van der Waals surface area contributed by atoms with Crippen LogP contribution in [0.4, 0.5) is 0 Å². The van der Waals surface area contributed by atoms with Gasteiger partial charge in [0, 0.05) is 18.8 Å². The van der Waals surface area contributed by atoms with Gasteiger partial charge in [0.25, 0.3) is 0 Å². The predicted octanol–water partition coefficient (Wildman–Crippen LogP) is 0.729. The average molecular weight is 298 g/mol. The lowest BCUT2D eigenvalue weighted by atomic mass is 10.00. The Balaban J connectivity index is 2.03. The first-order valence-electron chi connectivity index (χ1n) is 7.15. The monoisotopic (exact) mass is 298 g/mol. The molecule has 2 N–H and O–H groups in total. The van der Waals surface area contributed by atoms with Crippen LogP contribution in [0.3, 0.4) is 0 Å². The normalized spacial score (nSPS) is 17.5. The molecule has 0 saturated heterocycles. The topological polar surface area (TPSA) is 79.8 Å². The van der Waals surface area contributed by atoms with Gasteiger partial charge in [-0.05, 0) is 25.3 Å². The van der Waals surface area contributed by atoms with E-state index in [4.69, 9.17) is 0 Å². The summed E-state index contributed by atoms with van der Waals surface area (Å²) in [5, 5.41) is 6.57. The third kappa shape index (κ3) is 3.73. The highest BCUT2D eigenvalue weighted by atomic mass is 32.2. The number of nitrogens with zero attached hydrogens (tertiary/aromatic N) is 2. The van der Waals surface area contributed by atoms with E-state index < -0.39 is 11.1 Å². The minimum absolute atomic E-state index is 0.441. The van der Waals surface area contributed by atoms with Crippen LogP contribution in [-0.2, 0) is 7.05 Å². The average Bonchev–Trinajstić information content (AvgIpc) is 2.93. The maximum atomic E-state index is 11.3. The van der Waals surface area contributed by atoms with E-state index in [1.165, 1.54) is 42.1 Å². The van der Waals surface area contributed by atoms with Crippen LogP contribution in [-0.4, -0.2) is 33.1 Å². The fraction of sp³-hybridized carbons (Fsp3) is 0.769. The molecule has 1 atom stereocenters. The first kappa shape index (κ1) is 15.3. The van der Waals surface area contributed by atoms with Crippen LogP contribution in [0.1, 0.15) is 32.6 Å². The zero-order valence-electron chi connectivity index (χ0n) is 12.0. The van der Waals surface area contributed by atoms with Crippen molar-refractivity contribution in [2.75, 3.05) is 12.3 Å². The minimum atomic E-state index is -0.716. The highest BCUT2D eigenvalue weighted by molar-refractivity contribution is 7.99. The Kier molecular flexibility index (Phi) is 5.42. The van der Waals surface area contributed by atoms with E-state index in [9.17, 15) is 9.59 Å². The van der Waals surface area contributed by atoms with Gasteiger partial charge >= 0.3 is 11.1 Å². The highest BCUT2D eigenvalue weighted by Crippen LogP contribution is 2.30. The summed E-state index contributed by atoms with van der Waals surface area (Å²) in [6.07, 6.45) is 5.17. The third-order valence-electron chi connectivity index (χ3n) is 3.77. The Hall–Kier alpha value is -1.08. The SMILES string of the molecule is CCNC(CSc1nc(=O)c(=O)[nH]n1C)C1CCCC1. The number of hydrogen-bond acceptors (Lipinski definition) is 5. The summed E-state index contributed by atoms with van der Waals surface area (Å²) in [4.78, 5) is 26.3. The van der Waals surface area contributed by atoms with Crippen molar-refractivity contribution in [2.45, 2.75) is 43.8 Å². The second-order valence-corrected chi connectivity index (χ2v) is 6.21. The zero-order chi connectivity index (χ0) is 14.5. The van der Waals surface area contributed by atoms with E-state index in [1.807, 2.05) is 0 Å². The Morgan fingerprint density at radius 3 is 2.80 bits per heavy atom. The number of rotatable bonds is 6. The van der Waals surface area contributed by atoms with Crippen LogP contribution in [0.15, 0.2) is 14.7 Å². The largest absolute Gasteiger partial charge is 0.339 e. The molecule has 1 heterocycles. The molecule has 0 spiro atoms. The molecule has 1 aliphatic rings. The van der Waals surface area contributed by atoms with Gasteiger partial charge in [-0.25, -0.2) is 0 Å². The summed E-state index contributed by atoms with van der Waals surface area (Å²) < 4.78 is 1.52. The minimum Gasteiger partial charge on any atom is -0.313 e. The molecule has 0 bridgehead atoms. The molecule has 1 aromatic rings. The van der Waals surface area contributed by atoms with Crippen molar-refractivity contribution in [3.05, 3.63) is 20.7 Å². The molecule has 7 heteroatoms. The lowest BCUT2D eigenvalue weighted by Gasteiger charge is -2.23. The molecule has 0 aromatic carbocycles. The Morgan fingerprint density at radius 2 is 2.15 bits per heavy atom. The first-order valence-corrected chi connectivity index (χ1v) is 8.14. The van der Waals surface area contributed by atoms with Crippen LogP contribution in [0, 0.1) is 5.92 Å². The van der Waals surface area contributed by atoms with Gasteiger partial charge in [0.05, 0.1) is 0 Å². The summed E-state index contributed by atoms with van der Waals surface area (Å²) in [6, 6.07) is 0.441. The van der Waals surface area contributed by atoms with Crippen molar-refractivity contribution < 1.29 is 0 Å². The molecular weight excluding hydrogens is 276 g/mol. The van der Waals surface area contributed by atoms with Crippen LogP contribution < -0.4 is 16.4 Å². The molecule has 1 unspecified atom stereocenters. The maximum Gasteiger partial charge on any atom is 0.339 e. The molecule has 0 amide bonds. The quantitative estimate of drug-likeness (QED) is 0.598. The smallest absolute Gasteiger partial charge is 0.313 e. The molecule has 1 fully saturated rings. The van der Waals surface area contributed by atoms with Crippen molar-refractivity contribution in [2.24, 2.45) is 13.0 Å². The molecule has 112 valence electrons. The van der Waals surface area contributed by atoms with Gasteiger partial charge in [-0.1, -0.05) is 31.5 Å². The van der Waals surface area contributed by atoms with E-state index in [1.54, 1.807) is 7.05 Å². The molecule has 2 rings (SSSR count). The van der Waals surface area contributed by atoms with Crippen molar-refractivity contribution in [1.82, 2.24) is 20.1 Å². The van der Waals surface area contributed by atoms with Crippen LogP contribution in [0.2, 0.25) is 0 Å². The Bertz CT molecular complexity index is 548. The van der Waals surface area contributed by atoms with Gasteiger partial charge in [-0.2, -0.15) is 4.98 Å². The lowest BCUT2D eigenvalue weighted by molar-refractivity contribution is 0.394. The van der Waals surface area contributed by atoms with Crippen LogP contribution in [0.25, 0.3) is 0 Å². The summed E-state index contributed by atoms with van der Waals surface area (Å²) >= 11 is 1.52. The molecule has 0 radical (unpaired) electrons. The van der Waals surface area contributed by atoms with Crippen molar-refractivity contribution >= 4 is 11.8 Å². The predicted molar refractivity (Wildman–Crippen MR) is 80.2 cm³/mol. The number of aromatic amines is 1. The number of hydrogen-bond donors (Lipinski definition) is 2. The van der Waals surface area contributed by atoms with Crippen molar-refractivity contribution in [1.29, 1.82) is 0 Å². The van der Waals surface area contributed by atoms with Gasteiger partial charge in [0.1, 0.15) is 0 Å². The van der Waals surface area contributed by atoms with E-state index in [0.717, 1.165) is 12.3 Å². The number of aromatic nitrogens is 3. The number of H-pyrrole nitrogens is 1. The second kappa shape index (κ2) is 7.08. The fourth-order valence-electron chi connectivity index (χ4n) is 2.74. The Labute approximate surface area is 122 Å². The van der Waals surface area contributed by atoms with Crippen molar-refractivity contribution in [3.8, 4) is 0 Å². The zero-order valence-corrected chi connectivity index (χ0v) is 12.8. The first-order chi connectivity index (χ1) is 9.61. The van der Waals surface area contributed by atoms with Crippen molar-refractivity contribution in [3.63, 3.8) is 0 Å². The molecule has 1 aliphatic carbocycles. The number of aryl methyl sites for hydroxylation is 1. The summed E-state index contributed by atoms with van der Waals surface area (Å²) in [5.74, 6) is 1.58. The molecule has 20 heavy (non-hydrogen) atoms. The standard InChI is InChI=1S/C13H22N4O2S/c1-3-14-10(9-6-4-5-7-9)8-20-13-15-11(18)12(19)16-17(13)2/h9-10,14H,3-8H2,1-2H3,(H,16,19).